The summed E-state index contributed by atoms with van der Waals surface area (Å²) in [4.78, 5) is 7.40. The third-order valence-electron chi connectivity index (χ3n) is 5.22. The Kier molecular flexibility index (Phi) is 9.71. The van der Waals surface area contributed by atoms with Gasteiger partial charge >= 0.3 is 0 Å². The maximum Gasteiger partial charge on any atom is 0.191 e. The lowest BCUT2D eigenvalue weighted by Crippen LogP contribution is -2.40. The molecule has 22 heavy (non-hydrogen) atoms. The Morgan fingerprint density at radius 3 is 2.36 bits per heavy atom. The van der Waals surface area contributed by atoms with E-state index >= 15 is 0 Å². The van der Waals surface area contributed by atoms with E-state index < -0.39 is 0 Å². The molecule has 0 unspecified atom stereocenters. The molecule has 2 aliphatic rings. The van der Waals surface area contributed by atoms with Gasteiger partial charge < -0.3 is 15.5 Å². The fourth-order valence-electron chi connectivity index (χ4n) is 3.40. The smallest absolute Gasteiger partial charge is 0.191 e. The molecule has 0 radical (unpaired) electrons. The molecule has 1 aliphatic heterocycles. The molecule has 4 nitrogen and oxygen atoms in total. The maximum absolute atomic E-state index is 4.83. The molecule has 1 saturated carbocycles. The fourth-order valence-corrected chi connectivity index (χ4v) is 3.40. The minimum atomic E-state index is 0. The van der Waals surface area contributed by atoms with E-state index in [-0.39, 0.29) is 24.0 Å². The monoisotopic (exact) mass is 422 g/mol. The third-order valence-corrected chi connectivity index (χ3v) is 5.22. The summed E-state index contributed by atoms with van der Waals surface area (Å²) in [7, 11) is 0. The fraction of sp³-hybridized carbons (Fsp3) is 0.941. The predicted molar refractivity (Wildman–Crippen MR) is 106 cm³/mol. The molecule has 1 saturated heterocycles. The maximum atomic E-state index is 4.83. The van der Waals surface area contributed by atoms with E-state index in [1.165, 1.54) is 64.6 Å². The first-order chi connectivity index (χ1) is 10.3. The van der Waals surface area contributed by atoms with Gasteiger partial charge in [0.05, 0.1) is 0 Å². The minimum absolute atomic E-state index is 0. The summed E-state index contributed by atoms with van der Waals surface area (Å²) in [5.41, 5.74) is 0.512. The standard InChI is InChI=1S/C17H34N4.HI/c1-3-17(9-7-10-17)15-20-16(18-4-2)19-11-8-14-21-12-5-6-13-21;/h3-15H2,1-2H3,(H2,18,19,20);1H. The zero-order valence-corrected chi connectivity index (χ0v) is 16.8. The second kappa shape index (κ2) is 10.7. The molecule has 0 aromatic carbocycles. The highest BCUT2D eigenvalue weighted by Gasteiger charge is 2.34. The number of hydrogen-bond acceptors (Lipinski definition) is 2. The van der Waals surface area contributed by atoms with Gasteiger partial charge in [-0.15, -0.1) is 24.0 Å². The Balaban J connectivity index is 0.00000242. The van der Waals surface area contributed by atoms with Crippen LogP contribution in [0.1, 0.15) is 58.8 Å². The molecule has 0 atom stereocenters. The Bertz CT molecular complexity index is 317. The number of likely N-dealkylation sites (tertiary alicyclic amines) is 1. The van der Waals surface area contributed by atoms with Crippen molar-refractivity contribution >= 4 is 29.9 Å². The highest BCUT2D eigenvalue weighted by molar-refractivity contribution is 14.0. The van der Waals surface area contributed by atoms with Crippen molar-refractivity contribution < 1.29 is 0 Å². The van der Waals surface area contributed by atoms with E-state index in [2.05, 4.69) is 29.4 Å². The molecular formula is C17H35IN4. The number of nitrogens with zero attached hydrogens (tertiary/aromatic N) is 2. The number of hydrogen-bond donors (Lipinski definition) is 2. The summed E-state index contributed by atoms with van der Waals surface area (Å²) in [5, 5.41) is 6.88. The van der Waals surface area contributed by atoms with E-state index in [1.807, 2.05) is 0 Å². The van der Waals surface area contributed by atoms with Gasteiger partial charge in [0, 0.05) is 19.6 Å². The van der Waals surface area contributed by atoms with E-state index in [9.17, 15) is 0 Å². The number of nitrogens with one attached hydrogen (secondary N) is 2. The molecule has 1 aliphatic carbocycles. The summed E-state index contributed by atoms with van der Waals surface area (Å²) in [6, 6.07) is 0. The van der Waals surface area contributed by atoms with Crippen molar-refractivity contribution in [2.24, 2.45) is 10.4 Å². The predicted octanol–water partition coefficient (Wildman–Crippen LogP) is 3.23. The van der Waals surface area contributed by atoms with Crippen LogP contribution in [0.2, 0.25) is 0 Å². The number of aliphatic imine (C=N–C) groups is 1. The summed E-state index contributed by atoms with van der Waals surface area (Å²) < 4.78 is 0. The molecule has 2 fully saturated rings. The van der Waals surface area contributed by atoms with Crippen molar-refractivity contribution in [3.05, 3.63) is 0 Å². The first kappa shape index (κ1) is 20.0. The van der Waals surface area contributed by atoms with Crippen molar-refractivity contribution in [2.75, 3.05) is 39.3 Å². The lowest BCUT2D eigenvalue weighted by Gasteiger charge is -2.40. The third kappa shape index (κ3) is 6.22. The van der Waals surface area contributed by atoms with Crippen LogP contribution in [0.15, 0.2) is 4.99 Å². The van der Waals surface area contributed by atoms with Gasteiger partial charge in [0.2, 0.25) is 0 Å². The highest BCUT2D eigenvalue weighted by Crippen LogP contribution is 2.43. The van der Waals surface area contributed by atoms with Gasteiger partial charge in [0.15, 0.2) is 5.96 Å². The summed E-state index contributed by atoms with van der Waals surface area (Å²) in [6.45, 7) is 11.2. The normalized spacial score (nSPS) is 21.1. The number of guanidine groups is 1. The van der Waals surface area contributed by atoms with Gasteiger partial charge in [-0.05, 0) is 70.5 Å². The van der Waals surface area contributed by atoms with Crippen LogP contribution in [-0.2, 0) is 0 Å². The number of halogens is 1. The van der Waals surface area contributed by atoms with Crippen LogP contribution in [0.5, 0.6) is 0 Å². The van der Waals surface area contributed by atoms with Crippen molar-refractivity contribution in [2.45, 2.75) is 58.8 Å². The second-order valence-electron chi connectivity index (χ2n) is 6.73. The van der Waals surface area contributed by atoms with Crippen LogP contribution in [0.3, 0.4) is 0 Å². The molecule has 2 N–H and O–H groups in total. The zero-order chi connectivity index (χ0) is 15.0. The minimum Gasteiger partial charge on any atom is -0.357 e. The van der Waals surface area contributed by atoms with Gasteiger partial charge in [0.25, 0.3) is 0 Å². The number of rotatable bonds is 8. The Labute approximate surface area is 153 Å². The van der Waals surface area contributed by atoms with Crippen LogP contribution in [0.25, 0.3) is 0 Å². The molecule has 0 spiro atoms. The van der Waals surface area contributed by atoms with E-state index in [0.29, 0.717) is 5.41 Å². The summed E-state index contributed by atoms with van der Waals surface area (Å²) >= 11 is 0. The van der Waals surface area contributed by atoms with E-state index in [4.69, 9.17) is 4.99 Å². The van der Waals surface area contributed by atoms with Crippen LogP contribution >= 0.6 is 24.0 Å². The van der Waals surface area contributed by atoms with E-state index in [1.54, 1.807) is 0 Å². The second-order valence-corrected chi connectivity index (χ2v) is 6.73. The first-order valence-electron chi connectivity index (χ1n) is 9.02. The Morgan fingerprint density at radius 1 is 1.09 bits per heavy atom. The quantitative estimate of drug-likeness (QED) is 0.273. The highest BCUT2D eigenvalue weighted by atomic mass is 127. The molecule has 0 aromatic heterocycles. The molecular weight excluding hydrogens is 387 g/mol. The summed E-state index contributed by atoms with van der Waals surface area (Å²) in [5.74, 6) is 1.01. The average molecular weight is 422 g/mol. The molecule has 0 aromatic rings. The Morgan fingerprint density at radius 2 is 1.82 bits per heavy atom. The van der Waals surface area contributed by atoms with Gasteiger partial charge in [-0.25, -0.2) is 0 Å². The van der Waals surface area contributed by atoms with Gasteiger partial charge in [-0.3, -0.25) is 4.99 Å². The Hall–Kier alpha value is -0.0400. The van der Waals surface area contributed by atoms with Crippen LogP contribution in [0.4, 0.5) is 0 Å². The van der Waals surface area contributed by atoms with Gasteiger partial charge in [0.1, 0.15) is 0 Å². The SMILES string of the molecule is CCNC(=NCC1(CC)CCC1)NCCCN1CCCC1.I. The molecule has 1 heterocycles. The van der Waals surface area contributed by atoms with Crippen molar-refractivity contribution in [3.63, 3.8) is 0 Å². The first-order valence-corrected chi connectivity index (χ1v) is 9.02. The molecule has 0 bridgehead atoms. The average Bonchev–Trinajstić information content (AvgIpc) is 2.96. The van der Waals surface area contributed by atoms with E-state index in [0.717, 1.165) is 25.6 Å². The lowest BCUT2D eigenvalue weighted by molar-refractivity contribution is 0.139. The molecule has 0 amide bonds. The lowest BCUT2D eigenvalue weighted by atomic mass is 9.67. The van der Waals surface area contributed by atoms with Crippen molar-refractivity contribution in [1.29, 1.82) is 0 Å². The topological polar surface area (TPSA) is 39.7 Å². The molecule has 2 rings (SSSR count). The zero-order valence-electron chi connectivity index (χ0n) is 14.5. The summed E-state index contributed by atoms with van der Waals surface area (Å²) in [6.07, 6.45) is 9.37. The molecule has 130 valence electrons. The van der Waals surface area contributed by atoms with Crippen LogP contribution in [0, 0.1) is 5.41 Å². The van der Waals surface area contributed by atoms with Gasteiger partial charge in [-0.2, -0.15) is 0 Å². The van der Waals surface area contributed by atoms with Crippen LogP contribution < -0.4 is 10.6 Å². The van der Waals surface area contributed by atoms with Crippen LogP contribution in [-0.4, -0.2) is 50.1 Å². The molecule has 5 heteroatoms. The van der Waals surface area contributed by atoms with Crippen molar-refractivity contribution in [3.8, 4) is 0 Å². The van der Waals surface area contributed by atoms with Gasteiger partial charge in [-0.1, -0.05) is 13.3 Å². The van der Waals surface area contributed by atoms with Crippen molar-refractivity contribution in [1.82, 2.24) is 15.5 Å². The largest absolute Gasteiger partial charge is 0.357 e.